The summed E-state index contributed by atoms with van der Waals surface area (Å²) in [6.07, 6.45) is 0. The van der Waals surface area contributed by atoms with Gasteiger partial charge in [0.1, 0.15) is 0 Å². The Kier molecular flexibility index (Phi) is 5.58. The molecule has 1 fully saturated rings. The average molecular weight is 419 g/mol. The van der Waals surface area contributed by atoms with E-state index in [4.69, 9.17) is 9.31 Å². The van der Waals surface area contributed by atoms with Crippen LogP contribution in [0.3, 0.4) is 0 Å². The lowest BCUT2D eigenvalue weighted by molar-refractivity contribution is 0.00578. The van der Waals surface area contributed by atoms with Gasteiger partial charge in [0.05, 0.1) is 44.1 Å². The van der Waals surface area contributed by atoms with Crippen molar-refractivity contribution in [1.29, 1.82) is 0 Å². The normalized spacial score (nSPS) is 20.8. The summed E-state index contributed by atoms with van der Waals surface area (Å²) in [6.45, 7) is 15.6. The Hall–Kier alpha value is -1.55. The second-order valence-corrected chi connectivity index (χ2v) is 11.5. The number of hydrogen-bond acceptors (Lipinski definition) is 5. The number of aromatic nitrogens is 2. The number of aromatic amines is 1. The van der Waals surface area contributed by atoms with Crippen LogP contribution in [0.25, 0.3) is 10.8 Å². The van der Waals surface area contributed by atoms with Crippen LogP contribution >= 0.6 is 0 Å². The molecule has 1 aromatic heterocycles. The second kappa shape index (κ2) is 7.30. The zero-order chi connectivity index (χ0) is 21.8. The van der Waals surface area contributed by atoms with Gasteiger partial charge in [0.25, 0.3) is 5.56 Å². The number of benzene rings is 1. The summed E-state index contributed by atoms with van der Waals surface area (Å²) in [4.78, 5) is 12.3. The number of rotatable bonds is 4. The van der Waals surface area contributed by atoms with E-state index in [0.717, 1.165) is 5.46 Å². The Bertz CT molecular complexity index is 997. The van der Waals surface area contributed by atoms with Gasteiger partial charge in [0, 0.05) is 5.39 Å². The molecule has 0 bridgehead atoms. The SMILES string of the molecule is CC(N[S@](=O)C(C)(C)C)c1n[nH]c(=O)c2ccc(B3OC(C)(C)C(C)(C)O3)cc12. The van der Waals surface area contributed by atoms with E-state index >= 15 is 0 Å². The van der Waals surface area contributed by atoms with Crippen LogP contribution in [0.1, 0.15) is 67.1 Å². The number of nitrogens with zero attached hydrogens (tertiary/aromatic N) is 1. The van der Waals surface area contributed by atoms with Gasteiger partial charge in [-0.05, 0) is 66.9 Å². The first-order chi connectivity index (χ1) is 13.2. The van der Waals surface area contributed by atoms with E-state index in [-0.39, 0.29) is 11.6 Å². The molecule has 0 radical (unpaired) electrons. The van der Waals surface area contributed by atoms with Gasteiger partial charge in [0.2, 0.25) is 0 Å². The fourth-order valence-corrected chi connectivity index (χ4v) is 3.84. The van der Waals surface area contributed by atoms with E-state index in [0.29, 0.717) is 16.5 Å². The van der Waals surface area contributed by atoms with E-state index in [1.165, 1.54) is 0 Å². The van der Waals surface area contributed by atoms with Crippen molar-refractivity contribution in [3.05, 3.63) is 34.2 Å². The van der Waals surface area contributed by atoms with Gasteiger partial charge in [-0.3, -0.25) is 4.79 Å². The molecule has 1 unspecified atom stereocenters. The van der Waals surface area contributed by atoms with Gasteiger partial charge < -0.3 is 9.31 Å². The van der Waals surface area contributed by atoms with E-state index in [9.17, 15) is 9.00 Å². The first-order valence-corrected chi connectivity index (χ1v) is 10.9. The van der Waals surface area contributed by atoms with Crippen molar-refractivity contribution >= 4 is 34.3 Å². The maximum atomic E-state index is 12.5. The van der Waals surface area contributed by atoms with Crippen LogP contribution in [0.15, 0.2) is 23.0 Å². The van der Waals surface area contributed by atoms with Crippen LogP contribution in [0, 0.1) is 0 Å². The standard InChI is InChI=1S/C20H30BN3O4S/c1-12(24-29(26)18(2,3)4)16-15-11-13(9-10-14(15)17(25)23-22-16)21-27-19(5,6)20(7,8)28-21/h9-12,24H,1-8H3,(H,23,25)/t12?,29-/m1/s1. The molecule has 0 amide bonds. The molecule has 0 spiro atoms. The number of hydrogen-bond donors (Lipinski definition) is 2. The first kappa shape index (κ1) is 22.1. The Morgan fingerprint density at radius 1 is 1.14 bits per heavy atom. The summed E-state index contributed by atoms with van der Waals surface area (Å²) in [5.41, 5.74) is 0.249. The molecular weight excluding hydrogens is 389 g/mol. The zero-order valence-corrected chi connectivity index (χ0v) is 19.2. The minimum atomic E-state index is -1.28. The molecule has 0 saturated carbocycles. The Labute approximate surface area is 174 Å². The van der Waals surface area contributed by atoms with Crippen LogP contribution in [0.2, 0.25) is 0 Å². The van der Waals surface area contributed by atoms with Crippen LogP contribution in [0.4, 0.5) is 0 Å². The fraction of sp³-hybridized carbons (Fsp3) is 0.600. The Balaban J connectivity index is 2.03. The highest BCUT2D eigenvalue weighted by atomic mass is 32.2. The third-order valence-corrected chi connectivity index (χ3v) is 7.30. The molecule has 1 aromatic carbocycles. The molecular formula is C20H30BN3O4S. The largest absolute Gasteiger partial charge is 0.494 e. The van der Waals surface area contributed by atoms with Crippen molar-refractivity contribution in [3.63, 3.8) is 0 Å². The lowest BCUT2D eigenvalue weighted by atomic mass is 9.78. The van der Waals surface area contributed by atoms with E-state index < -0.39 is 34.1 Å². The average Bonchev–Trinajstić information content (AvgIpc) is 2.81. The minimum absolute atomic E-state index is 0.270. The summed E-state index contributed by atoms with van der Waals surface area (Å²) in [5.74, 6) is 0. The van der Waals surface area contributed by atoms with Crippen molar-refractivity contribution < 1.29 is 13.5 Å². The topological polar surface area (TPSA) is 93.3 Å². The summed E-state index contributed by atoms with van der Waals surface area (Å²) in [5, 5.41) is 8.00. The predicted octanol–water partition coefficient (Wildman–Crippen LogP) is 2.34. The van der Waals surface area contributed by atoms with E-state index in [2.05, 4.69) is 14.9 Å². The highest BCUT2D eigenvalue weighted by molar-refractivity contribution is 7.84. The first-order valence-electron chi connectivity index (χ1n) is 9.79. The molecule has 158 valence electrons. The van der Waals surface area contributed by atoms with Gasteiger partial charge in [-0.15, -0.1) is 0 Å². The van der Waals surface area contributed by atoms with Gasteiger partial charge in [0.15, 0.2) is 0 Å². The monoisotopic (exact) mass is 419 g/mol. The molecule has 2 N–H and O–H groups in total. The summed E-state index contributed by atoms with van der Waals surface area (Å²) in [7, 11) is -1.81. The second-order valence-electron chi connectivity index (χ2n) is 9.55. The molecule has 9 heteroatoms. The lowest BCUT2D eigenvalue weighted by Crippen LogP contribution is -2.41. The fourth-order valence-electron chi connectivity index (χ4n) is 3.05. The molecule has 1 aliphatic heterocycles. The molecule has 1 aliphatic rings. The van der Waals surface area contributed by atoms with E-state index in [1.54, 1.807) is 6.07 Å². The minimum Gasteiger partial charge on any atom is -0.399 e. The quantitative estimate of drug-likeness (QED) is 0.743. The highest BCUT2D eigenvalue weighted by Crippen LogP contribution is 2.36. The lowest BCUT2D eigenvalue weighted by Gasteiger charge is -2.32. The van der Waals surface area contributed by atoms with Crippen LogP contribution < -0.4 is 15.7 Å². The van der Waals surface area contributed by atoms with Crippen molar-refractivity contribution in [2.75, 3.05) is 0 Å². The zero-order valence-electron chi connectivity index (χ0n) is 18.4. The van der Waals surface area contributed by atoms with Gasteiger partial charge in [-0.25, -0.2) is 14.0 Å². The molecule has 2 atom stereocenters. The maximum absolute atomic E-state index is 12.5. The van der Waals surface area contributed by atoms with Gasteiger partial charge >= 0.3 is 7.12 Å². The summed E-state index contributed by atoms with van der Waals surface area (Å²) in [6, 6.07) is 5.15. The molecule has 0 aliphatic carbocycles. The number of fused-ring (bicyclic) bond motifs is 1. The Morgan fingerprint density at radius 3 is 2.28 bits per heavy atom. The van der Waals surface area contributed by atoms with E-state index in [1.807, 2.05) is 67.5 Å². The smallest absolute Gasteiger partial charge is 0.399 e. The van der Waals surface area contributed by atoms with Crippen molar-refractivity contribution in [2.24, 2.45) is 0 Å². The summed E-state index contributed by atoms with van der Waals surface area (Å²) >= 11 is 0. The number of H-pyrrole nitrogens is 1. The van der Waals surface area contributed by atoms with Crippen molar-refractivity contribution in [2.45, 2.75) is 77.4 Å². The predicted molar refractivity (Wildman–Crippen MR) is 118 cm³/mol. The molecule has 7 nitrogen and oxygen atoms in total. The molecule has 29 heavy (non-hydrogen) atoms. The molecule has 2 aromatic rings. The number of nitrogens with one attached hydrogen (secondary N) is 2. The molecule has 1 saturated heterocycles. The van der Waals surface area contributed by atoms with Crippen LogP contribution in [-0.4, -0.2) is 37.5 Å². The third-order valence-electron chi connectivity index (χ3n) is 5.62. The van der Waals surface area contributed by atoms with Crippen molar-refractivity contribution in [1.82, 2.24) is 14.9 Å². The molecule has 2 heterocycles. The maximum Gasteiger partial charge on any atom is 0.494 e. The van der Waals surface area contributed by atoms with Crippen molar-refractivity contribution in [3.8, 4) is 0 Å². The summed E-state index contributed by atoms with van der Waals surface area (Å²) < 4.78 is 27.5. The van der Waals surface area contributed by atoms with Gasteiger partial charge in [-0.1, -0.05) is 12.1 Å². The third kappa shape index (κ3) is 4.19. The van der Waals surface area contributed by atoms with Crippen LogP contribution in [-0.2, 0) is 20.3 Å². The molecule has 3 rings (SSSR count). The Morgan fingerprint density at radius 2 is 1.72 bits per heavy atom. The van der Waals surface area contributed by atoms with Crippen LogP contribution in [0.5, 0.6) is 0 Å². The van der Waals surface area contributed by atoms with Gasteiger partial charge in [-0.2, -0.15) is 5.10 Å². The highest BCUT2D eigenvalue weighted by Gasteiger charge is 2.51.